The summed E-state index contributed by atoms with van der Waals surface area (Å²) >= 11 is 0. The van der Waals surface area contributed by atoms with Crippen molar-refractivity contribution < 1.29 is 4.84 Å². The zero-order valence-corrected chi connectivity index (χ0v) is 11.3. The summed E-state index contributed by atoms with van der Waals surface area (Å²) in [5.74, 6) is 0.630. The minimum Gasteiger partial charge on any atom is -0.384 e. The molecule has 1 heterocycles. The molecule has 100 valence electrons. The summed E-state index contributed by atoms with van der Waals surface area (Å²) in [5.41, 5.74) is 2.25. The SMILES string of the molecule is CN1OC(/C=C/c2ccccc2)=N[C@@H]1c1ccccc1. The fraction of sp³-hybridized carbons (Fsp3) is 0.118. The lowest BCUT2D eigenvalue weighted by molar-refractivity contribution is -0.0567. The van der Waals surface area contributed by atoms with Gasteiger partial charge in [-0.1, -0.05) is 60.7 Å². The van der Waals surface area contributed by atoms with Gasteiger partial charge in [0, 0.05) is 13.1 Å². The molecule has 0 radical (unpaired) electrons. The molecule has 0 bridgehead atoms. The first-order valence-corrected chi connectivity index (χ1v) is 6.59. The largest absolute Gasteiger partial charge is 0.384 e. The minimum absolute atomic E-state index is 0.0772. The molecule has 0 unspecified atom stereocenters. The van der Waals surface area contributed by atoms with E-state index >= 15 is 0 Å². The summed E-state index contributed by atoms with van der Waals surface area (Å²) in [6.45, 7) is 0. The minimum atomic E-state index is -0.0772. The molecule has 3 nitrogen and oxygen atoms in total. The predicted molar refractivity (Wildman–Crippen MR) is 80.9 cm³/mol. The Morgan fingerprint density at radius 3 is 2.30 bits per heavy atom. The molecule has 0 saturated heterocycles. The summed E-state index contributed by atoms with van der Waals surface area (Å²) in [7, 11) is 1.89. The van der Waals surface area contributed by atoms with Crippen molar-refractivity contribution in [1.82, 2.24) is 5.06 Å². The molecule has 3 heteroatoms. The zero-order valence-electron chi connectivity index (χ0n) is 11.3. The first-order chi connectivity index (χ1) is 9.83. The van der Waals surface area contributed by atoms with Crippen LogP contribution in [0.3, 0.4) is 0 Å². The molecule has 1 aliphatic rings. The van der Waals surface area contributed by atoms with Gasteiger partial charge in [0.2, 0.25) is 5.90 Å². The van der Waals surface area contributed by atoms with E-state index in [1.807, 2.05) is 67.7 Å². The second kappa shape index (κ2) is 5.72. The van der Waals surface area contributed by atoms with Gasteiger partial charge in [-0.3, -0.25) is 0 Å². The van der Waals surface area contributed by atoms with Gasteiger partial charge < -0.3 is 4.84 Å². The maximum atomic E-state index is 5.65. The molecule has 0 amide bonds. The van der Waals surface area contributed by atoms with Crippen molar-refractivity contribution in [2.75, 3.05) is 7.05 Å². The van der Waals surface area contributed by atoms with E-state index < -0.39 is 0 Å². The highest BCUT2D eigenvalue weighted by Gasteiger charge is 2.24. The van der Waals surface area contributed by atoms with E-state index in [0.29, 0.717) is 5.90 Å². The van der Waals surface area contributed by atoms with Crippen molar-refractivity contribution in [1.29, 1.82) is 0 Å². The molecule has 0 fully saturated rings. The van der Waals surface area contributed by atoms with Crippen LogP contribution in [0.1, 0.15) is 17.3 Å². The van der Waals surface area contributed by atoms with Crippen LogP contribution in [0.15, 0.2) is 71.7 Å². The standard InChI is InChI=1S/C17H16N2O/c1-19-17(15-10-6-3-7-11-15)18-16(20-19)13-12-14-8-4-2-5-9-14/h2-13,17H,1H3/b13-12+/t17-/m0/s1. The smallest absolute Gasteiger partial charge is 0.235 e. The molecule has 2 aromatic carbocycles. The van der Waals surface area contributed by atoms with E-state index in [1.165, 1.54) is 0 Å². The fourth-order valence-electron chi connectivity index (χ4n) is 2.14. The molecule has 1 aliphatic heterocycles. The van der Waals surface area contributed by atoms with Gasteiger partial charge in [-0.25, -0.2) is 4.99 Å². The monoisotopic (exact) mass is 264 g/mol. The molecule has 0 aromatic heterocycles. The summed E-state index contributed by atoms with van der Waals surface area (Å²) in [6.07, 6.45) is 3.82. The van der Waals surface area contributed by atoms with Gasteiger partial charge in [0.05, 0.1) is 0 Å². The predicted octanol–water partition coefficient (Wildman–Crippen LogP) is 3.67. The van der Waals surface area contributed by atoms with E-state index in [2.05, 4.69) is 17.1 Å². The molecule has 20 heavy (non-hydrogen) atoms. The van der Waals surface area contributed by atoms with E-state index in [4.69, 9.17) is 4.84 Å². The lowest BCUT2D eigenvalue weighted by Gasteiger charge is -2.15. The van der Waals surface area contributed by atoms with Crippen molar-refractivity contribution >= 4 is 12.0 Å². The average molecular weight is 264 g/mol. The van der Waals surface area contributed by atoms with Crippen LogP contribution in [0.25, 0.3) is 6.08 Å². The third-order valence-electron chi connectivity index (χ3n) is 3.15. The second-order valence-corrected chi connectivity index (χ2v) is 4.63. The summed E-state index contributed by atoms with van der Waals surface area (Å²) in [4.78, 5) is 10.2. The number of nitrogens with zero attached hydrogens (tertiary/aromatic N) is 2. The van der Waals surface area contributed by atoms with Gasteiger partial charge in [0.25, 0.3) is 0 Å². The molecule has 1 atom stereocenters. The van der Waals surface area contributed by atoms with Gasteiger partial charge in [-0.2, -0.15) is 0 Å². The lowest BCUT2D eigenvalue weighted by atomic mass is 10.2. The van der Waals surface area contributed by atoms with Crippen molar-refractivity contribution in [2.45, 2.75) is 6.17 Å². The highest BCUT2D eigenvalue weighted by atomic mass is 16.7. The quantitative estimate of drug-likeness (QED) is 0.845. The number of hydrogen-bond donors (Lipinski definition) is 0. The number of benzene rings is 2. The maximum absolute atomic E-state index is 5.65. The Morgan fingerprint density at radius 2 is 1.60 bits per heavy atom. The fourth-order valence-corrected chi connectivity index (χ4v) is 2.14. The zero-order chi connectivity index (χ0) is 13.8. The second-order valence-electron chi connectivity index (χ2n) is 4.63. The first kappa shape index (κ1) is 12.6. The third-order valence-corrected chi connectivity index (χ3v) is 3.15. The van der Waals surface area contributed by atoms with Gasteiger partial charge in [-0.15, -0.1) is 5.06 Å². The molecule has 0 spiro atoms. The van der Waals surface area contributed by atoms with Crippen LogP contribution in [-0.2, 0) is 4.84 Å². The number of hydroxylamine groups is 2. The van der Waals surface area contributed by atoms with Crippen LogP contribution in [-0.4, -0.2) is 18.0 Å². The van der Waals surface area contributed by atoms with Crippen LogP contribution in [0.2, 0.25) is 0 Å². The number of aliphatic imine (C=N–C) groups is 1. The summed E-state index contributed by atoms with van der Waals surface area (Å²) in [6, 6.07) is 20.2. The van der Waals surface area contributed by atoms with Crippen molar-refractivity contribution in [3.63, 3.8) is 0 Å². The Morgan fingerprint density at radius 1 is 0.950 bits per heavy atom. The molecular formula is C17H16N2O. The normalized spacial score (nSPS) is 19.1. The van der Waals surface area contributed by atoms with Crippen LogP contribution in [0.5, 0.6) is 0 Å². The van der Waals surface area contributed by atoms with Crippen molar-refractivity contribution in [3.8, 4) is 0 Å². The molecular weight excluding hydrogens is 248 g/mol. The van der Waals surface area contributed by atoms with Crippen LogP contribution in [0.4, 0.5) is 0 Å². The molecule has 0 N–H and O–H groups in total. The molecule has 0 aliphatic carbocycles. The highest BCUT2D eigenvalue weighted by molar-refractivity contribution is 5.92. The van der Waals surface area contributed by atoms with E-state index in [-0.39, 0.29) is 6.17 Å². The average Bonchev–Trinajstić information content (AvgIpc) is 2.88. The maximum Gasteiger partial charge on any atom is 0.235 e. The highest BCUT2D eigenvalue weighted by Crippen LogP contribution is 2.26. The van der Waals surface area contributed by atoms with Gasteiger partial charge >= 0.3 is 0 Å². The molecule has 2 aromatic rings. The van der Waals surface area contributed by atoms with Crippen molar-refractivity contribution in [2.24, 2.45) is 4.99 Å². The van der Waals surface area contributed by atoms with Crippen molar-refractivity contribution in [3.05, 3.63) is 77.9 Å². The van der Waals surface area contributed by atoms with E-state index in [1.54, 1.807) is 5.06 Å². The van der Waals surface area contributed by atoms with Crippen LogP contribution >= 0.6 is 0 Å². The van der Waals surface area contributed by atoms with Crippen LogP contribution < -0.4 is 0 Å². The van der Waals surface area contributed by atoms with Gasteiger partial charge in [0.15, 0.2) is 6.17 Å². The summed E-state index contributed by atoms with van der Waals surface area (Å²) in [5, 5.41) is 1.76. The third kappa shape index (κ3) is 2.78. The van der Waals surface area contributed by atoms with Gasteiger partial charge in [-0.05, 0) is 17.2 Å². The Balaban J connectivity index is 1.77. The number of hydrogen-bond acceptors (Lipinski definition) is 3. The topological polar surface area (TPSA) is 24.8 Å². The molecule has 3 rings (SSSR count). The number of rotatable bonds is 3. The van der Waals surface area contributed by atoms with E-state index in [0.717, 1.165) is 11.1 Å². The summed E-state index contributed by atoms with van der Waals surface area (Å²) < 4.78 is 0. The Hall–Kier alpha value is -2.39. The first-order valence-electron chi connectivity index (χ1n) is 6.59. The Bertz CT molecular complexity index is 620. The van der Waals surface area contributed by atoms with Crippen LogP contribution in [0, 0.1) is 0 Å². The van der Waals surface area contributed by atoms with Gasteiger partial charge in [0.1, 0.15) is 0 Å². The lowest BCUT2D eigenvalue weighted by Crippen LogP contribution is -2.18. The Labute approximate surface area is 118 Å². The van der Waals surface area contributed by atoms with E-state index in [9.17, 15) is 0 Å². The Kier molecular flexibility index (Phi) is 3.61. The molecule has 0 saturated carbocycles.